The van der Waals surface area contributed by atoms with Crippen molar-refractivity contribution >= 4 is 11.6 Å². The summed E-state index contributed by atoms with van der Waals surface area (Å²) in [4.78, 5) is 19.2. The molecular weight excluding hydrogens is 274 g/mol. The van der Waals surface area contributed by atoms with Gasteiger partial charge in [-0.05, 0) is 42.7 Å². The third kappa shape index (κ3) is 2.15. The lowest BCUT2D eigenvalue weighted by Gasteiger charge is -2.41. The number of anilines is 1. The molecule has 1 aromatic carbocycles. The van der Waals surface area contributed by atoms with E-state index in [1.54, 1.807) is 12.4 Å². The molecule has 1 fully saturated rings. The first kappa shape index (κ1) is 13.3. The molecule has 1 N–H and O–H groups in total. The van der Waals surface area contributed by atoms with Crippen molar-refractivity contribution in [3.05, 3.63) is 59.9 Å². The molecule has 22 heavy (non-hydrogen) atoms. The zero-order valence-electron chi connectivity index (χ0n) is 12.4. The topological polar surface area (TPSA) is 45.2 Å². The number of nitrogens with one attached hydrogen (secondary N) is 1. The summed E-state index contributed by atoms with van der Waals surface area (Å²) < 4.78 is 0. The van der Waals surface area contributed by atoms with Crippen molar-refractivity contribution in [2.75, 3.05) is 5.32 Å². The Labute approximate surface area is 130 Å². The van der Waals surface area contributed by atoms with Crippen molar-refractivity contribution < 1.29 is 4.79 Å². The van der Waals surface area contributed by atoms with E-state index in [2.05, 4.69) is 10.3 Å². The molecule has 0 unspecified atom stereocenters. The normalized spacial score (nSPS) is 21.5. The van der Waals surface area contributed by atoms with Crippen molar-refractivity contribution in [1.82, 2.24) is 9.88 Å². The van der Waals surface area contributed by atoms with Crippen LogP contribution >= 0.6 is 0 Å². The van der Waals surface area contributed by atoms with Crippen LogP contribution < -0.4 is 5.32 Å². The average Bonchev–Trinajstić information content (AvgIpc) is 3.10. The second kappa shape index (κ2) is 5.44. The lowest BCUT2D eigenvalue weighted by Crippen LogP contribution is -2.47. The number of pyridine rings is 1. The molecule has 4 nitrogen and oxygen atoms in total. The summed E-state index contributed by atoms with van der Waals surface area (Å²) in [6.45, 7) is 0. The van der Waals surface area contributed by atoms with E-state index in [0.29, 0.717) is 6.04 Å². The predicted octanol–water partition coefficient (Wildman–Crippen LogP) is 3.59. The van der Waals surface area contributed by atoms with E-state index < -0.39 is 0 Å². The van der Waals surface area contributed by atoms with Crippen LogP contribution in [0.25, 0.3) is 0 Å². The minimum absolute atomic E-state index is 0.103. The highest BCUT2D eigenvalue weighted by atomic mass is 16.2. The molecule has 2 aromatic rings. The van der Waals surface area contributed by atoms with Gasteiger partial charge in [-0.2, -0.15) is 0 Å². The summed E-state index contributed by atoms with van der Waals surface area (Å²) in [6, 6.07) is 12.1. The first-order valence-electron chi connectivity index (χ1n) is 7.93. The van der Waals surface area contributed by atoms with Crippen LogP contribution in [0.5, 0.6) is 0 Å². The number of carbonyl (C=O) groups excluding carboxylic acids is 1. The van der Waals surface area contributed by atoms with E-state index >= 15 is 0 Å². The first-order valence-corrected chi connectivity index (χ1v) is 7.93. The summed E-state index contributed by atoms with van der Waals surface area (Å²) in [6.07, 6.45) is 8.07. The van der Waals surface area contributed by atoms with Crippen molar-refractivity contribution in [3.63, 3.8) is 0 Å². The Bertz CT molecular complexity index is 680. The molecule has 4 rings (SSSR count). The van der Waals surface area contributed by atoms with Crippen LogP contribution in [0.2, 0.25) is 0 Å². The Morgan fingerprint density at radius 3 is 2.55 bits per heavy atom. The molecule has 1 saturated carbocycles. The van der Waals surface area contributed by atoms with Crippen LogP contribution in [-0.2, 0) is 0 Å². The summed E-state index contributed by atoms with van der Waals surface area (Å²) in [5.41, 5.74) is 2.79. The van der Waals surface area contributed by atoms with Crippen molar-refractivity contribution in [3.8, 4) is 0 Å². The molecule has 2 aliphatic rings. The van der Waals surface area contributed by atoms with Crippen LogP contribution in [-0.4, -0.2) is 21.8 Å². The van der Waals surface area contributed by atoms with Gasteiger partial charge in [0.25, 0.3) is 5.91 Å². The number of amides is 1. The summed E-state index contributed by atoms with van der Waals surface area (Å²) >= 11 is 0. The van der Waals surface area contributed by atoms with Gasteiger partial charge in [0.05, 0.1) is 5.56 Å². The monoisotopic (exact) mass is 293 g/mol. The number of hydrogen-bond donors (Lipinski definition) is 1. The molecule has 112 valence electrons. The smallest absolute Gasteiger partial charge is 0.258 e. The quantitative estimate of drug-likeness (QED) is 0.920. The van der Waals surface area contributed by atoms with Crippen molar-refractivity contribution in [1.29, 1.82) is 0 Å². The van der Waals surface area contributed by atoms with E-state index in [4.69, 9.17) is 0 Å². The Morgan fingerprint density at radius 1 is 1.05 bits per heavy atom. The van der Waals surface area contributed by atoms with Gasteiger partial charge < -0.3 is 10.2 Å². The number of rotatable bonds is 2. The maximum atomic E-state index is 13.1. The second-order valence-electron chi connectivity index (χ2n) is 6.02. The fraction of sp³-hybridized carbons (Fsp3) is 0.333. The fourth-order valence-electron chi connectivity index (χ4n) is 3.62. The highest BCUT2D eigenvalue weighted by Gasteiger charge is 2.38. The van der Waals surface area contributed by atoms with E-state index in [9.17, 15) is 4.79 Å². The number of hydrogen-bond acceptors (Lipinski definition) is 3. The first-order chi connectivity index (χ1) is 10.8. The number of fused-ring (bicyclic) bond motifs is 1. The van der Waals surface area contributed by atoms with Crippen molar-refractivity contribution in [2.45, 2.75) is 37.9 Å². The van der Waals surface area contributed by atoms with Gasteiger partial charge in [0.15, 0.2) is 0 Å². The number of aromatic nitrogens is 1. The van der Waals surface area contributed by atoms with Gasteiger partial charge in [-0.25, -0.2) is 0 Å². The molecular formula is C18H19N3O. The minimum Gasteiger partial charge on any atom is -0.361 e. The minimum atomic E-state index is -0.103. The van der Waals surface area contributed by atoms with Gasteiger partial charge in [0.2, 0.25) is 0 Å². The fourth-order valence-corrected chi connectivity index (χ4v) is 3.62. The third-order valence-electron chi connectivity index (χ3n) is 4.70. The SMILES string of the molecule is O=C1c2ccccc2N[C@H](c2ccncc2)N1C1CCCC1. The maximum Gasteiger partial charge on any atom is 0.258 e. The molecule has 0 spiro atoms. The Morgan fingerprint density at radius 2 is 1.77 bits per heavy atom. The summed E-state index contributed by atoms with van der Waals surface area (Å²) in [7, 11) is 0. The van der Waals surface area contributed by atoms with E-state index in [1.807, 2.05) is 41.3 Å². The Balaban J connectivity index is 1.79. The van der Waals surface area contributed by atoms with Gasteiger partial charge in [-0.3, -0.25) is 9.78 Å². The van der Waals surface area contributed by atoms with Gasteiger partial charge >= 0.3 is 0 Å². The Hall–Kier alpha value is -2.36. The second-order valence-corrected chi connectivity index (χ2v) is 6.02. The van der Waals surface area contributed by atoms with Gasteiger partial charge in [-0.1, -0.05) is 25.0 Å². The molecule has 1 aliphatic carbocycles. The molecule has 0 radical (unpaired) electrons. The molecule has 1 aliphatic heterocycles. The average molecular weight is 293 g/mol. The summed E-state index contributed by atoms with van der Waals surface area (Å²) in [5, 5.41) is 3.55. The van der Waals surface area contributed by atoms with Crippen LogP contribution in [0.3, 0.4) is 0 Å². The van der Waals surface area contributed by atoms with Gasteiger partial charge in [0, 0.05) is 24.1 Å². The highest BCUT2D eigenvalue weighted by molar-refractivity contribution is 6.01. The molecule has 1 amide bonds. The molecule has 0 bridgehead atoms. The van der Waals surface area contributed by atoms with E-state index in [1.165, 1.54) is 12.8 Å². The summed E-state index contributed by atoms with van der Waals surface area (Å²) in [5.74, 6) is 0.142. The van der Waals surface area contributed by atoms with Gasteiger partial charge in [-0.15, -0.1) is 0 Å². The number of benzene rings is 1. The highest BCUT2D eigenvalue weighted by Crippen LogP contribution is 2.38. The zero-order chi connectivity index (χ0) is 14.9. The Kier molecular flexibility index (Phi) is 3.29. The number of nitrogens with zero attached hydrogens (tertiary/aromatic N) is 2. The largest absolute Gasteiger partial charge is 0.361 e. The molecule has 4 heteroatoms. The molecule has 0 saturated heterocycles. The third-order valence-corrected chi connectivity index (χ3v) is 4.70. The lowest BCUT2D eigenvalue weighted by atomic mass is 10.0. The van der Waals surface area contributed by atoms with E-state index in [-0.39, 0.29) is 12.1 Å². The van der Waals surface area contributed by atoms with Gasteiger partial charge in [0.1, 0.15) is 6.17 Å². The zero-order valence-corrected chi connectivity index (χ0v) is 12.4. The molecule has 1 aromatic heterocycles. The van der Waals surface area contributed by atoms with Crippen LogP contribution in [0.15, 0.2) is 48.8 Å². The molecule has 2 heterocycles. The van der Waals surface area contributed by atoms with Crippen LogP contribution in [0, 0.1) is 0 Å². The lowest BCUT2D eigenvalue weighted by molar-refractivity contribution is 0.0585. The van der Waals surface area contributed by atoms with Crippen molar-refractivity contribution in [2.24, 2.45) is 0 Å². The molecule has 1 atom stereocenters. The number of para-hydroxylation sites is 1. The maximum absolute atomic E-state index is 13.1. The number of carbonyl (C=O) groups is 1. The van der Waals surface area contributed by atoms with Crippen LogP contribution in [0.4, 0.5) is 5.69 Å². The standard InChI is InChI=1S/C18H19N3O/c22-18-15-7-3-4-8-16(15)20-17(13-9-11-19-12-10-13)21(18)14-5-1-2-6-14/h3-4,7-12,14,17,20H,1-2,5-6H2/t17-/m0/s1. The van der Waals surface area contributed by atoms with E-state index in [0.717, 1.165) is 29.7 Å². The predicted molar refractivity (Wildman–Crippen MR) is 85.5 cm³/mol. The van der Waals surface area contributed by atoms with Crippen LogP contribution in [0.1, 0.15) is 47.8 Å².